The van der Waals surface area contributed by atoms with Crippen molar-refractivity contribution in [3.63, 3.8) is 0 Å². The second kappa shape index (κ2) is 10.5. The van der Waals surface area contributed by atoms with Gasteiger partial charge in [-0.2, -0.15) is 0 Å². The number of aromatic nitrogens is 2. The lowest BCUT2D eigenvalue weighted by Gasteiger charge is -2.15. The lowest BCUT2D eigenvalue weighted by Crippen LogP contribution is -2.40. The third kappa shape index (κ3) is 5.25. The summed E-state index contributed by atoms with van der Waals surface area (Å²) in [6, 6.07) is 22.0. The summed E-state index contributed by atoms with van der Waals surface area (Å²) in [5.41, 5.74) is 2.43. The first-order chi connectivity index (χ1) is 16.5. The van der Waals surface area contributed by atoms with Crippen LogP contribution in [0.5, 0.6) is 0 Å². The van der Waals surface area contributed by atoms with Crippen LogP contribution in [-0.4, -0.2) is 26.6 Å². The Kier molecular flexibility index (Phi) is 7.21. The zero-order valence-electron chi connectivity index (χ0n) is 18.4. The molecule has 7 heteroatoms. The second-order valence-electron chi connectivity index (χ2n) is 7.92. The molecule has 6 nitrogen and oxygen atoms in total. The average molecular weight is 475 g/mol. The molecule has 0 aliphatic rings. The number of benzene rings is 3. The average Bonchev–Trinajstić information content (AvgIpc) is 2.86. The molecule has 0 aliphatic carbocycles. The number of nitrogens with zero attached hydrogens (tertiary/aromatic N) is 2. The third-order valence-corrected chi connectivity index (χ3v) is 5.83. The first-order valence-electron chi connectivity index (χ1n) is 10.8. The number of aliphatic hydroxyl groups is 1. The zero-order chi connectivity index (χ0) is 24.1. The van der Waals surface area contributed by atoms with Crippen LogP contribution in [0.3, 0.4) is 0 Å². The van der Waals surface area contributed by atoms with Crippen LogP contribution >= 0.6 is 11.6 Å². The minimum absolute atomic E-state index is 0.251. The molecule has 0 unspecified atom stereocenters. The monoisotopic (exact) mass is 474 g/mol. The molecule has 1 heterocycles. The van der Waals surface area contributed by atoms with Crippen molar-refractivity contribution in [2.24, 2.45) is 0 Å². The molecule has 1 aromatic heterocycles. The number of hydrogen-bond acceptors (Lipinski definition) is 4. The smallest absolute Gasteiger partial charge is 0.331 e. The van der Waals surface area contributed by atoms with Crippen LogP contribution in [0.2, 0.25) is 5.02 Å². The predicted octanol–water partition coefficient (Wildman–Crippen LogP) is 3.68. The van der Waals surface area contributed by atoms with Gasteiger partial charge in [0.15, 0.2) is 5.78 Å². The van der Waals surface area contributed by atoms with E-state index in [1.165, 1.54) is 10.6 Å². The minimum Gasteiger partial charge on any atom is -0.388 e. The fourth-order valence-electron chi connectivity index (χ4n) is 3.78. The molecule has 0 saturated heterocycles. The lowest BCUT2D eigenvalue weighted by molar-refractivity contribution is -0.117. The van der Waals surface area contributed by atoms with Crippen molar-refractivity contribution in [2.75, 3.05) is 6.61 Å². The number of halogens is 1. The van der Waals surface area contributed by atoms with Crippen LogP contribution < -0.4 is 11.2 Å². The van der Waals surface area contributed by atoms with E-state index in [2.05, 4.69) is 0 Å². The Morgan fingerprint density at radius 1 is 0.912 bits per heavy atom. The predicted molar refractivity (Wildman–Crippen MR) is 134 cm³/mol. The van der Waals surface area contributed by atoms with Crippen LogP contribution in [-0.2, 0) is 24.3 Å². The summed E-state index contributed by atoms with van der Waals surface area (Å²) >= 11 is 6.20. The first kappa shape index (κ1) is 23.4. The normalized spacial score (nSPS) is 11.4. The fraction of sp³-hybridized carbons (Fsp3) is 0.148. The molecule has 0 amide bonds. The van der Waals surface area contributed by atoms with Crippen molar-refractivity contribution >= 4 is 34.4 Å². The number of rotatable bonds is 8. The number of fused-ring (bicyclic) bond motifs is 1. The molecule has 172 valence electrons. The van der Waals surface area contributed by atoms with Gasteiger partial charge in [-0.1, -0.05) is 72.3 Å². The largest absolute Gasteiger partial charge is 0.388 e. The maximum atomic E-state index is 13.4. The number of carbonyl (C=O) groups excluding carboxylic acids is 1. The summed E-state index contributed by atoms with van der Waals surface area (Å²) in [6.45, 7) is -0.0170. The standard InChI is InChI=1S/C27H23ClN2O4/c28-22-11-13-24-25(16-22)30(17-21-8-6-20(7-9-21)10-12-23(32)18-31)27(34)29(26(24)33)15-14-19-4-2-1-3-5-19/h1-13,16,31H,14-15,17-18H2/b12-10+. The van der Waals surface area contributed by atoms with Gasteiger partial charge in [0.1, 0.15) is 6.61 Å². The molecule has 0 fully saturated rings. The number of carbonyl (C=O) groups is 1. The van der Waals surface area contributed by atoms with Crippen molar-refractivity contribution < 1.29 is 9.90 Å². The zero-order valence-corrected chi connectivity index (χ0v) is 19.1. The van der Waals surface area contributed by atoms with E-state index in [9.17, 15) is 14.4 Å². The Labute approximate surface area is 201 Å². The maximum absolute atomic E-state index is 13.4. The van der Waals surface area contributed by atoms with E-state index in [1.54, 1.807) is 28.8 Å². The van der Waals surface area contributed by atoms with E-state index in [1.807, 2.05) is 54.6 Å². The Morgan fingerprint density at radius 2 is 1.65 bits per heavy atom. The van der Waals surface area contributed by atoms with Crippen LogP contribution in [0.1, 0.15) is 16.7 Å². The van der Waals surface area contributed by atoms with Crippen molar-refractivity contribution in [1.82, 2.24) is 9.13 Å². The fourth-order valence-corrected chi connectivity index (χ4v) is 3.95. The van der Waals surface area contributed by atoms with Crippen molar-refractivity contribution in [3.8, 4) is 0 Å². The van der Waals surface area contributed by atoms with E-state index in [0.717, 1.165) is 16.7 Å². The van der Waals surface area contributed by atoms with E-state index in [4.69, 9.17) is 16.7 Å². The van der Waals surface area contributed by atoms with Crippen molar-refractivity contribution in [1.29, 1.82) is 0 Å². The number of aliphatic hydroxyl groups excluding tert-OH is 1. The highest BCUT2D eigenvalue weighted by atomic mass is 35.5. The van der Waals surface area contributed by atoms with Gasteiger partial charge in [0.05, 0.1) is 17.4 Å². The molecule has 1 N–H and O–H groups in total. The lowest BCUT2D eigenvalue weighted by atomic mass is 10.1. The second-order valence-corrected chi connectivity index (χ2v) is 8.36. The highest BCUT2D eigenvalue weighted by Gasteiger charge is 2.14. The highest BCUT2D eigenvalue weighted by Crippen LogP contribution is 2.17. The van der Waals surface area contributed by atoms with Crippen molar-refractivity contribution in [3.05, 3.63) is 121 Å². The highest BCUT2D eigenvalue weighted by molar-refractivity contribution is 6.31. The first-order valence-corrected chi connectivity index (χ1v) is 11.2. The van der Waals surface area contributed by atoms with Gasteiger partial charge in [-0.15, -0.1) is 0 Å². The van der Waals surface area contributed by atoms with Crippen LogP contribution in [0.25, 0.3) is 17.0 Å². The molecule has 3 aromatic carbocycles. The summed E-state index contributed by atoms with van der Waals surface area (Å²) in [5.74, 6) is -0.378. The van der Waals surface area contributed by atoms with Gasteiger partial charge in [-0.05, 0) is 47.4 Å². The van der Waals surface area contributed by atoms with Gasteiger partial charge >= 0.3 is 5.69 Å². The van der Waals surface area contributed by atoms with Gasteiger partial charge in [0, 0.05) is 11.6 Å². The minimum atomic E-state index is -0.535. The third-order valence-electron chi connectivity index (χ3n) is 5.59. The molecule has 0 aliphatic heterocycles. The van der Waals surface area contributed by atoms with Gasteiger partial charge < -0.3 is 5.11 Å². The molecule has 0 radical (unpaired) electrons. The van der Waals surface area contributed by atoms with Crippen LogP contribution in [0.4, 0.5) is 0 Å². The Balaban J connectivity index is 1.71. The number of hydrogen-bond donors (Lipinski definition) is 1. The van der Waals surface area contributed by atoms with E-state index >= 15 is 0 Å². The molecular weight excluding hydrogens is 452 g/mol. The summed E-state index contributed by atoms with van der Waals surface area (Å²) in [4.78, 5) is 37.8. The molecule has 4 aromatic rings. The van der Waals surface area contributed by atoms with Crippen molar-refractivity contribution in [2.45, 2.75) is 19.5 Å². The Hall–Kier alpha value is -3.74. The van der Waals surface area contributed by atoms with Gasteiger partial charge in [-0.3, -0.25) is 18.7 Å². The molecule has 0 spiro atoms. The molecule has 4 rings (SSSR count). The van der Waals surface area contributed by atoms with E-state index in [0.29, 0.717) is 22.3 Å². The molecule has 34 heavy (non-hydrogen) atoms. The quantitative estimate of drug-likeness (QED) is 0.395. The van der Waals surface area contributed by atoms with Gasteiger partial charge in [0.25, 0.3) is 5.56 Å². The molecule has 0 saturated carbocycles. The molecular formula is C27H23ClN2O4. The number of aryl methyl sites for hydroxylation is 1. The summed E-state index contributed by atoms with van der Waals surface area (Å²) in [5, 5.41) is 9.70. The summed E-state index contributed by atoms with van der Waals surface area (Å²) < 4.78 is 2.84. The Morgan fingerprint density at radius 3 is 2.35 bits per heavy atom. The van der Waals surface area contributed by atoms with Crippen LogP contribution in [0, 0.1) is 0 Å². The maximum Gasteiger partial charge on any atom is 0.331 e. The Bertz CT molecular complexity index is 1470. The van der Waals surface area contributed by atoms with E-state index in [-0.39, 0.29) is 24.4 Å². The van der Waals surface area contributed by atoms with E-state index < -0.39 is 12.3 Å². The van der Waals surface area contributed by atoms with Gasteiger partial charge in [-0.25, -0.2) is 4.79 Å². The number of ketones is 1. The molecule has 0 atom stereocenters. The summed E-state index contributed by atoms with van der Waals surface area (Å²) in [6.07, 6.45) is 3.49. The summed E-state index contributed by atoms with van der Waals surface area (Å²) in [7, 11) is 0. The van der Waals surface area contributed by atoms with Gasteiger partial charge in [0.2, 0.25) is 0 Å². The SMILES string of the molecule is O=C(/C=C/c1ccc(Cn2c(=O)n(CCc3ccccc3)c(=O)c3ccc(Cl)cc32)cc1)CO. The topological polar surface area (TPSA) is 81.3 Å². The van der Waals surface area contributed by atoms with Crippen LogP contribution in [0.15, 0.2) is 88.5 Å². The molecule has 0 bridgehead atoms.